The predicted molar refractivity (Wildman–Crippen MR) is 87.4 cm³/mol. The van der Waals surface area contributed by atoms with Gasteiger partial charge in [0.25, 0.3) is 0 Å². The van der Waals surface area contributed by atoms with E-state index in [1.165, 1.54) is 18.7 Å². The number of piperazine rings is 1. The molecule has 4 heteroatoms. The fourth-order valence-electron chi connectivity index (χ4n) is 2.82. The molecule has 120 valence electrons. The molecule has 1 fully saturated rings. The highest BCUT2D eigenvalue weighted by molar-refractivity contribution is 5.21. The smallest absolute Gasteiger partial charge is 0.118 e. The van der Waals surface area contributed by atoms with E-state index >= 15 is 0 Å². The van der Waals surface area contributed by atoms with Crippen LogP contribution in [-0.4, -0.2) is 48.1 Å². The Morgan fingerprint density at radius 3 is 2.38 bits per heavy atom. The van der Waals surface area contributed by atoms with Crippen molar-refractivity contribution in [1.82, 2.24) is 15.1 Å². The molecule has 0 atom stereocenters. The van der Waals surface area contributed by atoms with Gasteiger partial charge in [0.05, 0.1) is 6.54 Å². The Balaban J connectivity index is 1.86. The van der Waals surface area contributed by atoms with Crippen molar-refractivity contribution in [2.75, 3.05) is 26.2 Å². The van der Waals surface area contributed by atoms with Crippen molar-refractivity contribution in [1.29, 1.82) is 0 Å². The van der Waals surface area contributed by atoms with Crippen LogP contribution in [0.15, 0.2) is 10.5 Å². The molecule has 1 aliphatic rings. The van der Waals surface area contributed by atoms with Gasteiger partial charge in [0.15, 0.2) is 0 Å². The molecule has 0 aliphatic carbocycles. The Kier molecular flexibility index (Phi) is 5.85. The summed E-state index contributed by atoms with van der Waals surface area (Å²) < 4.78 is 5.87. The summed E-state index contributed by atoms with van der Waals surface area (Å²) in [6.07, 6.45) is 0. The van der Waals surface area contributed by atoms with Crippen LogP contribution in [0, 0.1) is 6.92 Å². The van der Waals surface area contributed by atoms with Crippen LogP contribution in [0.4, 0.5) is 0 Å². The fourth-order valence-corrected chi connectivity index (χ4v) is 2.82. The minimum atomic E-state index is 0.489. The van der Waals surface area contributed by atoms with Gasteiger partial charge in [0.2, 0.25) is 0 Å². The molecule has 0 aromatic carbocycles. The van der Waals surface area contributed by atoms with Crippen LogP contribution in [0.25, 0.3) is 0 Å². The van der Waals surface area contributed by atoms with Crippen LogP contribution in [0.5, 0.6) is 0 Å². The summed E-state index contributed by atoms with van der Waals surface area (Å²) in [5, 5.41) is 3.41. The highest BCUT2D eigenvalue weighted by Gasteiger charge is 2.20. The molecule has 21 heavy (non-hydrogen) atoms. The molecule has 0 radical (unpaired) electrons. The highest BCUT2D eigenvalue weighted by Crippen LogP contribution is 2.18. The first-order valence-electron chi connectivity index (χ1n) is 8.23. The second-order valence-electron chi connectivity index (χ2n) is 6.74. The summed E-state index contributed by atoms with van der Waals surface area (Å²) in [6.45, 7) is 17.5. The van der Waals surface area contributed by atoms with Gasteiger partial charge in [-0.25, -0.2) is 0 Å². The van der Waals surface area contributed by atoms with Crippen molar-refractivity contribution in [3.63, 3.8) is 0 Å². The van der Waals surface area contributed by atoms with Gasteiger partial charge in [-0.1, -0.05) is 13.8 Å². The summed E-state index contributed by atoms with van der Waals surface area (Å²) in [5.41, 5.74) is 1.34. The SMILES string of the molecule is Cc1oc(CNC(C)C)cc1CN1CCN(C(C)C)CC1. The highest BCUT2D eigenvalue weighted by atomic mass is 16.3. The van der Waals surface area contributed by atoms with E-state index in [2.05, 4.69) is 55.8 Å². The molecule has 1 saturated heterocycles. The Hall–Kier alpha value is -0.840. The molecular formula is C17H31N3O. The molecule has 0 unspecified atom stereocenters. The maximum atomic E-state index is 5.87. The molecule has 0 bridgehead atoms. The Bertz CT molecular complexity index is 431. The van der Waals surface area contributed by atoms with Gasteiger partial charge < -0.3 is 9.73 Å². The zero-order valence-corrected chi connectivity index (χ0v) is 14.3. The van der Waals surface area contributed by atoms with Gasteiger partial charge in [-0.05, 0) is 26.8 Å². The van der Waals surface area contributed by atoms with Crippen molar-refractivity contribution in [2.45, 2.75) is 59.8 Å². The van der Waals surface area contributed by atoms with E-state index in [-0.39, 0.29) is 0 Å². The van der Waals surface area contributed by atoms with Crippen molar-refractivity contribution in [3.05, 3.63) is 23.2 Å². The number of nitrogens with one attached hydrogen (secondary N) is 1. The minimum absolute atomic E-state index is 0.489. The number of rotatable bonds is 6. The lowest BCUT2D eigenvalue weighted by atomic mass is 10.2. The van der Waals surface area contributed by atoms with E-state index in [4.69, 9.17) is 4.42 Å². The quantitative estimate of drug-likeness (QED) is 0.874. The predicted octanol–water partition coefficient (Wildman–Crippen LogP) is 2.61. The topological polar surface area (TPSA) is 31.7 Å². The van der Waals surface area contributed by atoms with E-state index in [9.17, 15) is 0 Å². The van der Waals surface area contributed by atoms with Crippen LogP contribution in [-0.2, 0) is 13.1 Å². The largest absolute Gasteiger partial charge is 0.465 e. The number of aryl methyl sites for hydroxylation is 1. The molecule has 1 aromatic heterocycles. The summed E-state index contributed by atoms with van der Waals surface area (Å²) >= 11 is 0. The molecule has 1 aliphatic heterocycles. The maximum absolute atomic E-state index is 5.87. The lowest BCUT2D eigenvalue weighted by Crippen LogP contribution is -2.48. The average molecular weight is 293 g/mol. The molecule has 1 N–H and O–H groups in total. The number of furan rings is 1. The van der Waals surface area contributed by atoms with Gasteiger partial charge in [-0.15, -0.1) is 0 Å². The Morgan fingerprint density at radius 2 is 1.81 bits per heavy atom. The molecule has 1 aromatic rings. The number of hydrogen-bond acceptors (Lipinski definition) is 4. The molecule has 0 saturated carbocycles. The van der Waals surface area contributed by atoms with Crippen molar-refractivity contribution in [2.24, 2.45) is 0 Å². The van der Waals surface area contributed by atoms with E-state index in [1.807, 2.05) is 0 Å². The first-order chi connectivity index (χ1) is 9.95. The molecular weight excluding hydrogens is 262 g/mol. The van der Waals surface area contributed by atoms with Gasteiger partial charge in [-0.3, -0.25) is 9.80 Å². The Morgan fingerprint density at radius 1 is 1.14 bits per heavy atom. The van der Waals surface area contributed by atoms with Crippen LogP contribution in [0.3, 0.4) is 0 Å². The first-order valence-corrected chi connectivity index (χ1v) is 8.23. The lowest BCUT2D eigenvalue weighted by Gasteiger charge is -2.36. The third-order valence-electron chi connectivity index (χ3n) is 4.29. The fraction of sp³-hybridized carbons (Fsp3) is 0.765. The second-order valence-corrected chi connectivity index (χ2v) is 6.74. The van der Waals surface area contributed by atoms with E-state index in [0.717, 1.165) is 37.7 Å². The standard InChI is InChI=1S/C17H31N3O/c1-13(2)18-11-17-10-16(15(5)21-17)12-19-6-8-20(9-7-19)14(3)4/h10,13-14,18H,6-9,11-12H2,1-5H3. The van der Waals surface area contributed by atoms with E-state index in [0.29, 0.717) is 12.1 Å². The minimum Gasteiger partial charge on any atom is -0.465 e. The third-order valence-corrected chi connectivity index (χ3v) is 4.29. The average Bonchev–Trinajstić information content (AvgIpc) is 2.78. The van der Waals surface area contributed by atoms with Crippen molar-refractivity contribution < 1.29 is 4.42 Å². The van der Waals surface area contributed by atoms with E-state index in [1.54, 1.807) is 0 Å². The zero-order chi connectivity index (χ0) is 15.4. The second kappa shape index (κ2) is 7.43. The molecule has 2 rings (SSSR count). The molecule has 0 spiro atoms. The first kappa shape index (κ1) is 16.5. The van der Waals surface area contributed by atoms with Gasteiger partial charge in [0, 0.05) is 50.4 Å². The zero-order valence-electron chi connectivity index (χ0n) is 14.3. The molecule has 0 amide bonds. The summed E-state index contributed by atoms with van der Waals surface area (Å²) in [4.78, 5) is 5.09. The maximum Gasteiger partial charge on any atom is 0.118 e. The van der Waals surface area contributed by atoms with Crippen LogP contribution in [0.2, 0.25) is 0 Å². The van der Waals surface area contributed by atoms with Crippen LogP contribution < -0.4 is 5.32 Å². The summed E-state index contributed by atoms with van der Waals surface area (Å²) in [6, 6.07) is 3.37. The molecule has 4 nitrogen and oxygen atoms in total. The lowest BCUT2D eigenvalue weighted by molar-refractivity contribution is 0.104. The number of hydrogen-bond donors (Lipinski definition) is 1. The van der Waals surface area contributed by atoms with Gasteiger partial charge >= 0.3 is 0 Å². The monoisotopic (exact) mass is 293 g/mol. The van der Waals surface area contributed by atoms with E-state index < -0.39 is 0 Å². The van der Waals surface area contributed by atoms with Crippen LogP contribution >= 0.6 is 0 Å². The van der Waals surface area contributed by atoms with Gasteiger partial charge in [0.1, 0.15) is 11.5 Å². The van der Waals surface area contributed by atoms with Crippen LogP contribution in [0.1, 0.15) is 44.8 Å². The normalized spacial score (nSPS) is 18.0. The summed E-state index contributed by atoms with van der Waals surface area (Å²) in [7, 11) is 0. The van der Waals surface area contributed by atoms with Crippen molar-refractivity contribution in [3.8, 4) is 0 Å². The van der Waals surface area contributed by atoms with Gasteiger partial charge in [-0.2, -0.15) is 0 Å². The Labute approximate surface area is 129 Å². The third kappa shape index (κ3) is 4.83. The van der Waals surface area contributed by atoms with Crippen molar-refractivity contribution >= 4 is 0 Å². The summed E-state index contributed by atoms with van der Waals surface area (Å²) in [5.74, 6) is 2.12. The molecule has 2 heterocycles. The number of nitrogens with zero attached hydrogens (tertiary/aromatic N) is 2.